The largest absolute Gasteiger partial charge is 0.451 e. The Kier molecular flexibility index (Phi) is 4.35. The normalized spacial score (nSPS) is 18.3. The average molecular weight is 295 g/mol. The maximum absolute atomic E-state index is 12.6. The molecule has 1 fully saturated rings. The molecule has 5 heteroatoms. The van der Waals surface area contributed by atoms with Crippen molar-refractivity contribution in [3.05, 3.63) is 35.6 Å². The summed E-state index contributed by atoms with van der Waals surface area (Å²) < 4.78 is 5.73. The first-order valence-corrected chi connectivity index (χ1v) is 6.71. The third-order valence-electron chi connectivity index (χ3n) is 3.95. The third-order valence-corrected chi connectivity index (χ3v) is 3.95. The Morgan fingerprint density at radius 3 is 2.90 bits per heavy atom. The number of nitrogens with two attached hydrogens (primary N) is 1. The third kappa shape index (κ3) is 2.30. The predicted octanol–water partition coefficient (Wildman–Crippen LogP) is 2.73. The molecule has 0 bridgehead atoms. The molecular weight excluding hydrogens is 276 g/mol. The van der Waals surface area contributed by atoms with Crippen molar-refractivity contribution in [2.45, 2.75) is 25.8 Å². The molecule has 1 saturated heterocycles. The van der Waals surface area contributed by atoms with Crippen LogP contribution in [0.3, 0.4) is 0 Å². The fourth-order valence-electron chi connectivity index (χ4n) is 2.86. The molecule has 1 amide bonds. The van der Waals surface area contributed by atoms with Crippen LogP contribution < -0.4 is 5.73 Å². The fourth-order valence-corrected chi connectivity index (χ4v) is 2.86. The molecule has 2 heterocycles. The van der Waals surface area contributed by atoms with Crippen molar-refractivity contribution in [2.24, 2.45) is 5.73 Å². The van der Waals surface area contributed by atoms with Gasteiger partial charge in [0.2, 0.25) is 0 Å². The number of aryl methyl sites for hydroxylation is 1. The van der Waals surface area contributed by atoms with Crippen LogP contribution in [-0.2, 0) is 0 Å². The van der Waals surface area contributed by atoms with E-state index in [0.29, 0.717) is 12.3 Å². The molecule has 1 aromatic carbocycles. The lowest BCUT2D eigenvalue weighted by Gasteiger charge is -2.22. The summed E-state index contributed by atoms with van der Waals surface area (Å²) >= 11 is 0. The van der Waals surface area contributed by atoms with Crippen molar-refractivity contribution >= 4 is 29.3 Å². The van der Waals surface area contributed by atoms with Crippen molar-refractivity contribution in [3.8, 4) is 0 Å². The van der Waals surface area contributed by atoms with Crippen molar-refractivity contribution in [2.75, 3.05) is 13.1 Å². The maximum atomic E-state index is 12.6. The SMILES string of the molecule is Cc1c(C(=O)N2CCCC2CN)oc2ccccc12.Cl. The van der Waals surface area contributed by atoms with Crippen LogP contribution >= 0.6 is 12.4 Å². The Labute approximate surface area is 124 Å². The Morgan fingerprint density at radius 1 is 1.45 bits per heavy atom. The first-order valence-electron chi connectivity index (χ1n) is 6.71. The van der Waals surface area contributed by atoms with Gasteiger partial charge in [0.25, 0.3) is 5.91 Å². The monoisotopic (exact) mass is 294 g/mol. The first kappa shape index (κ1) is 14.9. The number of nitrogens with zero attached hydrogens (tertiary/aromatic N) is 1. The predicted molar refractivity (Wildman–Crippen MR) is 81.3 cm³/mol. The number of amides is 1. The number of carbonyl (C=O) groups excluding carboxylic acids is 1. The van der Waals surface area contributed by atoms with Crippen LogP contribution in [0.1, 0.15) is 29.0 Å². The summed E-state index contributed by atoms with van der Waals surface area (Å²) in [4.78, 5) is 14.4. The summed E-state index contributed by atoms with van der Waals surface area (Å²) in [6.07, 6.45) is 2.01. The van der Waals surface area contributed by atoms with Gasteiger partial charge in [-0.3, -0.25) is 4.79 Å². The molecule has 0 aliphatic carbocycles. The van der Waals surface area contributed by atoms with Gasteiger partial charge in [-0.2, -0.15) is 0 Å². The van der Waals surface area contributed by atoms with Crippen molar-refractivity contribution < 1.29 is 9.21 Å². The number of likely N-dealkylation sites (tertiary alicyclic amines) is 1. The fraction of sp³-hybridized carbons (Fsp3) is 0.400. The van der Waals surface area contributed by atoms with Gasteiger partial charge in [-0.25, -0.2) is 0 Å². The Hall–Kier alpha value is -1.52. The average Bonchev–Trinajstić information content (AvgIpc) is 3.03. The minimum Gasteiger partial charge on any atom is -0.451 e. The highest BCUT2D eigenvalue weighted by atomic mass is 35.5. The van der Waals surface area contributed by atoms with E-state index in [2.05, 4.69) is 0 Å². The highest BCUT2D eigenvalue weighted by Gasteiger charge is 2.31. The highest BCUT2D eigenvalue weighted by Crippen LogP contribution is 2.28. The van der Waals surface area contributed by atoms with E-state index < -0.39 is 0 Å². The number of hydrogen-bond donors (Lipinski definition) is 1. The van der Waals surface area contributed by atoms with Gasteiger partial charge in [-0.1, -0.05) is 18.2 Å². The summed E-state index contributed by atoms with van der Waals surface area (Å²) in [6.45, 7) is 3.23. The van der Waals surface area contributed by atoms with Crippen LogP contribution in [0.2, 0.25) is 0 Å². The van der Waals surface area contributed by atoms with E-state index >= 15 is 0 Å². The molecule has 0 radical (unpaired) electrons. The van der Waals surface area contributed by atoms with Crippen LogP contribution in [0.4, 0.5) is 0 Å². The molecule has 1 atom stereocenters. The van der Waals surface area contributed by atoms with E-state index in [1.165, 1.54) is 0 Å². The van der Waals surface area contributed by atoms with Gasteiger partial charge in [0.15, 0.2) is 5.76 Å². The summed E-state index contributed by atoms with van der Waals surface area (Å²) in [6, 6.07) is 7.90. The number of furan rings is 1. The highest BCUT2D eigenvalue weighted by molar-refractivity contribution is 5.99. The van der Waals surface area contributed by atoms with Gasteiger partial charge in [-0.15, -0.1) is 12.4 Å². The lowest BCUT2D eigenvalue weighted by molar-refractivity contribution is 0.0710. The second kappa shape index (κ2) is 5.85. The summed E-state index contributed by atoms with van der Waals surface area (Å²) in [7, 11) is 0. The summed E-state index contributed by atoms with van der Waals surface area (Å²) in [5.74, 6) is 0.434. The minimum absolute atomic E-state index is 0. The molecule has 3 rings (SSSR count). The van der Waals surface area contributed by atoms with Gasteiger partial charge in [0.1, 0.15) is 5.58 Å². The molecule has 1 aliphatic rings. The van der Waals surface area contributed by atoms with E-state index in [9.17, 15) is 4.79 Å². The zero-order valence-electron chi connectivity index (χ0n) is 11.5. The molecular formula is C15H19ClN2O2. The second-order valence-corrected chi connectivity index (χ2v) is 5.08. The van der Waals surface area contributed by atoms with Gasteiger partial charge in [0, 0.05) is 30.1 Å². The van der Waals surface area contributed by atoms with Crippen LogP contribution in [0.5, 0.6) is 0 Å². The number of halogens is 1. The lowest BCUT2D eigenvalue weighted by Crippen LogP contribution is -2.40. The van der Waals surface area contributed by atoms with Crippen molar-refractivity contribution in [1.29, 1.82) is 0 Å². The van der Waals surface area contributed by atoms with Gasteiger partial charge < -0.3 is 15.1 Å². The maximum Gasteiger partial charge on any atom is 0.290 e. The molecule has 108 valence electrons. The summed E-state index contributed by atoms with van der Waals surface area (Å²) in [5, 5.41) is 1.01. The zero-order valence-corrected chi connectivity index (χ0v) is 12.3. The van der Waals surface area contributed by atoms with E-state index in [1.54, 1.807) is 0 Å². The first-order chi connectivity index (χ1) is 9.22. The van der Waals surface area contributed by atoms with E-state index in [4.69, 9.17) is 10.2 Å². The van der Waals surface area contributed by atoms with E-state index in [1.807, 2.05) is 36.1 Å². The quantitative estimate of drug-likeness (QED) is 0.926. The number of carbonyl (C=O) groups is 1. The molecule has 1 aliphatic heterocycles. The molecule has 1 unspecified atom stereocenters. The standard InChI is InChI=1S/C15H18N2O2.ClH/c1-10-12-6-2-3-7-13(12)19-14(10)15(18)17-8-4-5-11(17)9-16;/h2-3,6-7,11H,4-5,8-9,16H2,1H3;1H. The number of hydrogen-bond acceptors (Lipinski definition) is 3. The molecule has 1 aromatic heterocycles. The molecule has 4 nitrogen and oxygen atoms in total. The molecule has 2 N–H and O–H groups in total. The second-order valence-electron chi connectivity index (χ2n) is 5.08. The Bertz CT molecular complexity index is 623. The van der Waals surface area contributed by atoms with Crippen molar-refractivity contribution in [1.82, 2.24) is 4.90 Å². The van der Waals surface area contributed by atoms with Gasteiger partial charge >= 0.3 is 0 Å². The van der Waals surface area contributed by atoms with Crippen LogP contribution in [0.15, 0.2) is 28.7 Å². The smallest absolute Gasteiger partial charge is 0.290 e. The minimum atomic E-state index is -0.0262. The number of para-hydroxylation sites is 1. The number of fused-ring (bicyclic) bond motifs is 1. The van der Waals surface area contributed by atoms with E-state index in [-0.39, 0.29) is 24.4 Å². The van der Waals surface area contributed by atoms with Crippen LogP contribution in [0.25, 0.3) is 11.0 Å². The van der Waals surface area contributed by atoms with Crippen LogP contribution in [0, 0.1) is 6.92 Å². The molecule has 0 spiro atoms. The molecule has 0 saturated carbocycles. The Balaban J connectivity index is 0.00000147. The lowest BCUT2D eigenvalue weighted by atomic mass is 10.1. The molecule has 2 aromatic rings. The number of benzene rings is 1. The van der Waals surface area contributed by atoms with Gasteiger partial charge in [-0.05, 0) is 25.8 Å². The Morgan fingerprint density at radius 2 is 2.20 bits per heavy atom. The van der Waals surface area contributed by atoms with E-state index in [0.717, 1.165) is 35.9 Å². The van der Waals surface area contributed by atoms with Gasteiger partial charge in [0.05, 0.1) is 0 Å². The zero-order chi connectivity index (χ0) is 13.4. The van der Waals surface area contributed by atoms with Crippen molar-refractivity contribution in [3.63, 3.8) is 0 Å². The topological polar surface area (TPSA) is 59.5 Å². The summed E-state index contributed by atoms with van der Waals surface area (Å²) in [5.41, 5.74) is 7.42. The number of rotatable bonds is 2. The molecule has 20 heavy (non-hydrogen) atoms. The van der Waals surface area contributed by atoms with Crippen LogP contribution in [-0.4, -0.2) is 29.9 Å².